The molecule has 2 rings (SSSR count). The van der Waals surface area contributed by atoms with Crippen LogP contribution in [0.25, 0.3) is 0 Å². The van der Waals surface area contributed by atoms with Crippen LogP contribution < -0.4 is 5.32 Å². The van der Waals surface area contributed by atoms with Gasteiger partial charge in [-0.1, -0.05) is 34.1 Å². The van der Waals surface area contributed by atoms with Crippen molar-refractivity contribution in [3.8, 4) is 0 Å². The summed E-state index contributed by atoms with van der Waals surface area (Å²) in [6.45, 7) is 1.83. The van der Waals surface area contributed by atoms with Crippen molar-refractivity contribution in [1.29, 1.82) is 0 Å². The summed E-state index contributed by atoms with van der Waals surface area (Å²) < 4.78 is 13.7. The number of benzene rings is 1. The fourth-order valence-corrected chi connectivity index (χ4v) is 2.61. The Hall–Kier alpha value is -0.670. The molecule has 1 aromatic carbocycles. The monoisotopic (exact) mass is 297 g/mol. The van der Waals surface area contributed by atoms with E-state index in [4.69, 9.17) is 0 Å². The first kappa shape index (κ1) is 12.8. The van der Waals surface area contributed by atoms with Gasteiger partial charge in [0, 0.05) is 11.0 Å². The van der Waals surface area contributed by atoms with E-state index in [9.17, 15) is 4.39 Å². The lowest BCUT2D eigenvalue weighted by Gasteiger charge is -2.18. The third kappa shape index (κ3) is 3.93. The zero-order valence-corrected chi connectivity index (χ0v) is 11.3. The van der Waals surface area contributed by atoms with Crippen molar-refractivity contribution in [2.75, 3.05) is 6.54 Å². The molecule has 3 heteroatoms. The highest BCUT2D eigenvalue weighted by Gasteiger charge is 2.09. The summed E-state index contributed by atoms with van der Waals surface area (Å²) in [7, 11) is 0. The fraction of sp³-hybridized carbons (Fsp3) is 0.429. The lowest BCUT2D eigenvalue weighted by molar-refractivity contribution is 0.440. The summed E-state index contributed by atoms with van der Waals surface area (Å²) in [6.07, 6.45) is 8.18. The van der Waals surface area contributed by atoms with Gasteiger partial charge in [-0.3, -0.25) is 0 Å². The van der Waals surface area contributed by atoms with Crippen LogP contribution in [-0.2, 0) is 6.54 Å². The quantitative estimate of drug-likeness (QED) is 0.827. The zero-order valence-electron chi connectivity index (χ0n) is 9.76. The predicted octanol–water partition coefficient (Wildman–Crippen LogP) is 4.03. The molecule has 0 aromatic heterocycles. The van der Waals surface area contributed by atoms with Crippen molar-refractivity contribution in [3.63, 3.8) is 0 Å². The first-order valence-electron chi connectivity index (χ1n) is 6.05. The van der Waals surface area contributed by atoms with E-state index < -0.39 is 0 Å². The molecule has 1 N–H and O–H groups in total. The molecule has 0 saturated heterocycles. The van der Waals surface area contributed by atoms with E-state index in [-0.39, 0.29) is 5.82 Å². The van der Waals surface area contributed by atoms with Crippen molar-refractivity contribution in [2.45, 2.75) is 25.8 Å². The van der Waals surface area contributed by atoms with E-state index in [2.05, 4.69) is 33.4 Å². The third-order valence-corrected chi connectivity index (χ3v) is 3.88. The van der Waals surface area contributed by atoms with Gasteiger partial charge in [-0.05, 0) is 49.4 Å². The molecule has 0 spiro atoms. The van der Waals surface area contributed by atoms with Crippen LogP contribution in [0.2, 0.25) is 0 Å². The molecular formula is C14H17BrFN. The molecule has 1 aliphatic rings. The summed E-state index contributed by atoms with van der Waals surface area (Å²) in [5, 5.41) is 3.45. The van der Waals surface area contributed by atoms with Crippen molar-refractivity contribution in [1.82, 2.24) is 5.32 Å². The van der Waals surface area contributed by atoms with Crippen molar-refractivity contribution < 1.29 is 4.39 Å². The largest absolute Gasteiger partial charge is 0.312 e. The molecule has 1 unspecified atom stereocenters. The normalized spacial score (nSPS) is 19.5. The highest BCUT2D eigenvalue weighted by molar-refractivity contribution is 9.10. The second-order valence-electron chi connectivity index (χ2n) is 4.52. The molecule has 1 aliphatic carbocycles. The lowest BCUT2D eigenvalue weighted by atomic mass is 9.94. The number of nitrogens with one attached hydrogen (secondary N) is 1. The van der Waals surface area contributed by atoms with Crippen molar-refractivity contribution in [2.24, 2.45) is 5.92 Å². The van der Waals surface area contributed by atoms with Gasteiger partial charge in [-0.2, -0.15) is 0 Å². The Balaban J connectivity index is 1.79. The highest BCUT2D eigenvalue weighted by Crippen LogP contribution is 2.19. The second kappa shape index (κ2) is 6.31. The first-order chi connectivity index (χ1) is 8.25. The highest BCUT2D eigenvalue weighted by atomic mass is 79.9. The van der Waals surface area contributed by atoms with Crippen molar-refractivity contribution >= 4 is 15.9 Å². The summed E-state index contributed by atoms with van der Waals surface area (Å²) in [5.41, 5.74) is 1.11. The summed E-state index contributed by atoms with van der Waals surface area (Å²) in [4.78, 5) is 0. The maximum atomic E-state index is 12.9. The van der Waals surface area contributed by atoms with Crippen LogP contribution in [0.3, 0.4) is 0 Å². The van der Waals surface area contributed by atoms with E-state index >= 15 is 0 Å². The zero-order chi connectivity index (χ0) is 12.1. The lowest BCUT2D eigenvalue weighted by Crippen LogP contribution is -2.23. The Labute approximate surface area is 110 Å². The van der Waals surface area contributed by atoms with E-state index in [0.29, 0.717) is 0 Å². The van der Waals surface area contributed by atoms with Crippen LogP contribution in [0, 0.1) is 11.7 Å². The van der Waals surface area contributed by atoms with Gasteiger partial charge >= 0.3 is 0 Å². The van der Waals surface area contributed by atoms with Crippen LogP contribution in [0.1, 0.15) is 24.8 Å². The first-order valence-corrected chi connectivity index (χ1v) is 6.84. The van der Waals surface area contributed by atoms with E-state index in [1.807, 2.05) is 6.07 Å². The molecule has 0 saturated carbocycles. The Morgan fingerprint density at radius 2 is 2.24 bits per heavy atom. The number of hydrogen-bond donors (Lipinski definition) is 1. The average molecular weight is 298 g/mol. The number of allylic oxidation sites excluding steroid dienone is 2. The smallest absolute Gasteiger partial charge is 0.124 e. The van der Waals surface area contributed by atoms with Crippen LogP contribution in [0.15, 0.2) is 34.8 Å². The van der Waals surface area contributed by atoms with Gasteiger partial charge in [-0.15, -0.1) is 0 Å². The molecule has 0 bridgehead atoms. The van der Waals surface area contributed by atoms with E-state index in [0.717, 1.165) is 29.0 Å². The fourth-order valence-electron chi connectivity index (χ4n) is 2.12. The molecule has 0 heterocycles. The molecular weight excluding hydrogens is 281 g/mol. The SMILES string of the molecule is Fc1ccc(CNCC2CC=CCC2)c(Br)c1. The molecule has 0 aliphatic heterocycles. The van der Waals surface area contributed by atoms with Gasteiger partial charge < -0.3 is 5.32 Å². The van der Waals surface area contributed by atoms with Crippen LogP contribution in [-0.4, -0.2) is 6.54 Å². The average Bonchev–Trinajstić information content (AvgIpc) is 2.33. The predicted molar refractivity (Wildman–Crippen MR) is 72.3 cm³/mol. The maximum absolute atomic E-state index is 12.9. The van der Waals surface area contributed by atoms with Crippen LogP contribution in [0.5, 0.6) is 0 Å². The minimum atomic E-state index is -0.196. The number of hydrogen-bond acceptors (Lipinski definition) is 1. The summed E-state index contributed by atoms with van der Waals surface area (Å²) in [5.74, 6) is 0.553. The van der Waals surface area contributed by atoms with Gasteiger partial charge in [0.2, 0.25) is 0 Å². The van der Waals surface area contributed by atoms with Gasteiger partial charge in [0.05, 0.1) is 0 Å². The van der Waals surface area contributed by atoms with Gasteiger partial charge in [0.25, 0.3) is 0 Å². The molecule has 0 amide bonds. The van der Waals surface area contributed by atoms with Gasteiger partial charge in [0.1, 0.15) is 5.82 Å². The minimum absolute atomic E-state index is 0.196. The summed E-state index contributed by atoms with van der Waals surface area (Å²) in [6, 6.07) is 4.85. The van der Waals surface area contributed by atoms with E-state index in [1.54, 1.807) is 0 Å². The third-order valence-electron chi connectivity index (χ3n) is 3.14. The Bertz CT molecular complexity index is 403. The van der Waals surface area contributed by atoms with Crippen LogP contribution >= 0.6 is 15.9 Å². The van der Waals surface area contributed by atoms with Gasteiger partial charge in [0.15, 0.2) is 0 Å². The molecule has 17 heavy (non-hydrogen) atoms. The Kier molecular flexibility index (Phi) is 4.75. The summed E-state index contributed by atoms with van der Waals surface area (Å²) >= 11 is 3.38. The molecule has 1 atom stereocenters. The second-order valence-corrected chi connectivity index (χ2v) is 5.37. The maximum Gasteiger partial charge on any atom is 0.124 e. The van der Waals surface area contributed by atoms with E-state index in [1.165, 1.54) is 31.4 Å². The Morgan fingerprint density at radius 3 is 2.94 bits per heavy atom. The van der Waals surface area contributed by atoms with Crippen molar-refractivity contribution in [3.05, 3.63) is 46.2 Å². The number of rotatable bonds is 4. The molecule has 92 valence electrons. The minimum Gasteiger partial charge on any atom is -0.312 e. The molecule has 1 aromatic rings. The number of halogens is 2. The van der Waals surface area contributed by atoms with Crippen LogP contribution in [0.4, 0.5) is 4.39 Å². The Morgan fingerprint density at radius 1 is 1.35 bits per heavy atom. The molecule has 0 radical (unpaired) electrons. The standard InChI is InChI=1S/C14H17BrFN/c15-14-8-13(16)7-6-12(14)10-17-9-11-4-2-1-3-5-11/h1-2,6-8,11,17H,3-5,9-10H2. The van der Waals surface area contributed by atoms with Gasteiger partial charge in [-0.25, -0.2) is 4.39 Å². The molecule has 1 nitrogen and oxygen atoms in total. The topological polar surface area (TPSA) is 12.0 Å². The molecule has 0 fully saturated rings.